The first-order valence-corrected chi connectivity index (χ1v) is 12.3. The Hall–Kier alpha value is -4.02. The van der Waals surface area contributed by atoms with Crippen LogP contribution in [0.15, 0.2) is 29.5 Å². The molecule has 2 N–H and O–H groups in total. The average Bonchev–Trinajstić information content (AvgIpc) is 3.68. The van der Waals surface area contributed by atoms with Crippen molar-refractivity contribution in [1.29, 1.82) is 0 Å². The van der Waals surface area contributed by atoms with Gasteiger partial charge in [0.2, 0.25) is 11.8 Å². The van der Waals surface area contributed by atoms with E-state index in [4.69, 9.17) is 15.2 Å². The first-order chi connectivity index (χ1) is 18.2. The molecule has 1 saturated carbocycles. The number of aliphatic imine (C=N–C) groups is 1. The first-order valence-electron chi connectivity index (χ1n) is 12.3. The molecule has 1 saturated heterocycles. The van der Waals surface area contributed by atoms with E-state index in [-0.39, 0.29) is 29.9 Å². The minimum absolute atomic E-state index is 0.0581. The zero-order chi connectivity index (χ0) is 27.2. The Morgan fingerprint density at radius 3 is 2.42 bits per heavy atom. The van der Waals surface area contributed by atoms with Gasteiger partial charge in [0.1, 0.15) is 5.69 Å². The monoisotopic (exact) mass is 525 g/mol. The molecule has 3 aliphatic rings. The summed E-state index contributed by atoms with van der Waals surface area (Å²) in [6.45, 7) is 3.43. The van der Waals surface area contributed by atoms with E-state index in [9.17, 15) is 9.59 Å². The van der Waals surface area contributed by atoms with Crippen LogP contribution in [0.5, 0.6) is 11.5 Å². The molecule has 38 heavy (non-hydrogen) atoms. The van der Waals surface area contributed by atoms with Crippen LogP contribution < -0.4 is 20.1 Å². The van der Waals surface area contributed by atoms with Crippen LogP contribution >= 0.6 is 0 Å². The summed E-state index contributed by atoms with van der Waals surface area (Å²) in [4.78, 5) is 36.9. The van der Waals surface area contributed by atoms with Gasteiger partial charge in [-0.15, -0.1) is 0 Å². The first kappa shape index (κ1) is 25.6. The Morgan fingerprint density at radius 1 is 1.21 bits per heavy atom. The molecule has 1 aromatic heterocycles. The third-order valence-electron chi connectivity index (χ3n) is 7.53. The number of aromatic nitrogens is 1. The highest BCUT2D eigenvalue weighted by Gasteiger charge is 2.57. The molecule has 1 aliphatic carbocycles. The lowest BCUT2D eigenvalue weighted by atomic mass is 9.86. The lowest BCUT2D eigenvalue weighted by molar-refractivity contribution is -0.134. The lowest BCUT2D eigenvalue weighted by Gasteiger charge is -2.37. The molecule has 1 spiro atoms. The SMILES string of the molecule is COc1cc(OC)c(F)c(N2Cc3cnc(C(C=NCC4CN(C(C)=O)C4)=CN)cc3C3(CC3)C2=O)c1F. The van der Waals surface area contributed by atoms with Gasteiger partial charge >= 0.3 is 0 Å². The second-order valence-corrected chi connectivity index (χ2v) is 9.86. The van der Waals surface area contributed by atoms with Crippen molar-refractivity contribution < 1.29 is 27.8 Å². The number of hydrogen-bond acceptors (Lipinski definition) is 7. The molecular formula is C27H29F2N5O4. The van der Waals surface area contributed by atoms with Crippen molar-refractivity contribution in [3.05, 3.63) is 53.0 Å². The van der Waals surface area contributed by atoms with Gasteiger partial charge in [-0.25, -0.2) is 8.78 Å². The molecule has 0 unspecified atom stereocenters. The molecule has 5 rings (SSSR count). The minimum Gasteiger partial charge on any atom is -0.493 e. The second-order valence-electron chi connectivity index (χ2n) is 9.86. The number of ether oxygens (including phenoxy) is 2. The van der Waals surface area contributed by atoms with Crippen molar-refractivity contribution in [3.63, 3.8) is 0 Å². The van der Waals surface area contributed by atoms with Gasteiger partial charge < -0.3 is 25.0 Å². The highest BCUT2D eigenvalue weighted by molar-refractivity contribution is 6.10. The van der Waals surface area contributed by atoms with Gasteiger partial charge in [0, 0.05) is 62.7 Å². The Balaban J connectivity index is 1.42. The van der Waals surface area contributed by atoms with Crippen LogP contribution in [0.1, 0.15) is 36.6 Å². The van der Waals surface area contributed by atoms with E-state index in [1.807, 2.05) is 6.07 Å². The van der Waals surface area contributed by atoms with Crippen LogP contribution in [0, 0.1) is 17.6 Å². The Kier molecular flexibility index (Phi) is 6.54. The highest BCUT2D eigenvalue weighted by Crippen LogP contribution is 2.55. The molecule has 3 heterocycles. The molecule has 0 atom stereocenters. The van der Waals surface area contributed by atoms with E-state index < -0.39 is 22.7 Å². The van der Waals surface area contributed by atoms with E-state index in [0.29, 0.717) is 55.2 Å². The number of rotatable bonds is 7. The van der Waals surface area contributed by atoms with Crippen LogP contribution in [-0.4, -0.2) is 61.8 Å². The van der Waals surface area contributed by atoms with Crippen molar-refractivity contribution in [3.8, 4) is 11.5 Å². The number of nitrogens with two attached hydrogens (primary N) is 1. The third kappa shape index (κ3) is 4.15. The number of allylic oxidation sites excluding steroid dienone is 1. The number of fused-ring (bicyclic) bond motifs is 2. The summed E-state index contributed by atoms with van der Waals surface area (Å²) in [5, 5.41) is 0. The summed E-state index contributed by atoms with van der Waals surface area (Å²) in [5.41, 5.74) is 7.11. The van der Waals surface area contributed by atoms with Gasteiger partial charge in [-0.2, -0.15) is 0 Å². The van der Waals surface area contributed by atoms with E-state index in [2.05, 4.69) is 9.98 Å². The molecule has 2 aliphatic heterocycles. The number of methoxy groups -OCH3 is 2. The van der Waals surface area contributed by atoms with Gasteiger partial charge in [0.15, 0.2) is 23.1 Å². The van der Waals surface area contributed by atoms with Crippen LogP contribution in [0.4, 0.5) is 14.5 Å². The van der Waals surface area contributed by atoms with E-state index in [0.717, 1.165) is 16.5 Å². The standard InChI is InChI=1S/C27H29F2N5O4/c1-15(35)33-12-16(13-33)9-31-10-17(8-30)20-6-19-18(11-32-20)14-34(26(36)27(19)4-5-27)25-23(28)21(37-2)7-22(38-3)24(25)29/h6-8,10-11,16H,4-5,9,12-14,30H2,1-3H3. The Morgan fingerprint density at radius 2 is 1.87 bits per heavy atom. The van der Waals surface area contributed by atoms with Crippen LogP contribution in [0.25, 0.3) is 5.57 Å². The van der Waals surface area contributed by atoms with Gasteiger partial charge in [0.05, 0.1) is 31.9 Å². The lowest BCUT2D eigenvalue weighted by Crippen LogP contribution is -2.50. The molecule has 0 bridgehead atoms. The smallest absolute Gasteiger partial charge is 0.238 e. The number of nitrogens with zero attached hydrogens (tertiary/aromatic N) is 4. The summed E-state index contributed by atoms with van der Waals surface area (Å²) >= 11 is 0. The number of pyridine rings is 1. The molecule has 2 fully saturated rings. The number of halogens is 2. The van der Waals surface area contributed by atoms with E-state index in [1.54, 1.807) is 24.2 Å². The number of anilines is 1. The summed E-state index contributed by atoms with van der Waals surface area (Å²) < 4.78 is 40.6. The summed E-state index contributed by atoms with van der Waals surface area (Å²) in [7, 11) is 2.53. The van der Waals surface area contributed by atoms with Crippen molar-refractivity contribution in [2.45, 2.75) is 31.7 Å². The maximum atomic E-state index is 15.3. The largest absolute Gasteiger partial charge is 0.493 e. The second kappa shape index (κ2) is 9.70. The van der Waals surface area contributed by atoms with Crippen molar-refractivity contribution >= 4 is 29.3 Å². The zero-order valence-electron chi connectivity index (χ0n) is 21.5. The zero-order valence-corrected chi connectivity index (χ0v) is 21.5. The van der Waals surface area contributed by atoms with Crippen molar-refractivity contribution in [2.75, 3.05) is 38.8 Å². The van der Waals surface area contributed by atoms with Crippen LogP contribution in [0.3, 0.4) is 0 Å². The average molecular weight is 526 g/mol. The fraction of sp³-hybridized carbons (Fsp3) is 0.407. The quantitative estimate of drug-likeness (QED) is 0.557. The van der Waals surface area contributed by atoms with Crippen LogP contribution in [-0.2, 0) is 21.5 Å². The number of carbonyl (C=O) groups is 2. The van der Waals surface area contributed by atoms with Crippen LogP contribution in [0.2, 0.25) is 0 Å². The molecule has 2 amide bonds. The van der Waals surface area contributed by atoms with E-state index in [1.165, 1.54) is 20.4 Å². The van der Waals surface area contributed by atoms with E-state index >= 15 is 8.78 Å². The number of carbonyl (C=O) groups excluding carboxylic acids is 2. The molecule has 2 aromatic rings. The predicted octanol–water partition coefficient (Wildman–Crippen LogP) is 2.80. The Labute approximate surface area is 218 Å². The maximum Gasteiger partial charge on any atom is 0.238 e. The molecule has 11 heteroatoms. The topological polar surface area (TPSA) is 110 Å². The van der Waals surface area contributed by atoms with Gasteiger partial charge in [-0.3, -0.25) is 19.6 Å². The molecule has 1 aromatic carbocycles. The highest BCUT2D eigenvalue weighted by atomic mass is 19.1. The molecule has 200 valence electrons. The normalized spacial score (nSPS) is 18.6. The number of benzene rings is 1. The molecule has 9 nitrogen and oxygen atoms in total. The molecular weight excluding hydrogens is 496 g/mol. The Bertz CT molecular complexity index is 1340. The summed E-state index contributed by atoms with van der Waals surface area (Å²) in [6, 6.07) is 2.94. The minimum atomic E-state index is -0.967. The molecule has 0 radical (unpaired) electrons. The number of likely N-dealkylation sites (tertiary alicyclic amines) is 1. The summed E-state index contributed by atoms with van der Waals surface area (Å²) in [6.07, 6.45) is 5.77. The number of hydrogen-bond donors (Lipinski definition) is 1. The van der Waals surface area contributed by atoms with Gasteiger partial charge in [-0.05, 0) is 30.0 Å². The maximum absolute atomic E-state index is 15.3. The number of amides is 2. The third-order valence-corrected chi connectivity index (χ3v) is 7.53. The van der Waals surface area contributed by atoms with Gasteiger partial charge in [0.25, 0.3) is 0 Å². The summed E-state index contributed by atoms with van der Waals surface area (Å²) in [5.74, 6) is -2.39. The van der Waals surface area contributed by atoms with Crippen molar-refractivity contribution in [2.24, 2.45) is 16.6 Å². The predicted molar refractivity (Wildman–Crippen MR) is 137 cm³/mol. The van der Waals surface area contributed by atoms with Gasteiger partial charge in [-0.1, -0.05) is 0 Å². The van der Waals surface area contributed by atoms with Crippen molar-refractivity contribution in [1.82, 2.24) is 9.88 Å². The fourth-order valence-electron chi connectivity index (χ4n) is 5.16. The fourth-order valence-corrected chi connectivity index (χ4v) is 5.16.